The van der Waals surface area contributed by atoms with Crippen molar-refractivity contribution in [3.63, 3.8) is 0 Å². The zero-order valence-corrected chi connectivity index (χ0v) is 13.5. The van der Waals surface area contributed by atoms with Crippen molar-refractivity contribution in [1.82, 2.24) is 0 Å². The van der Waals surface area contributed by atoms with E-state index in [4.69, 9.17) is 9.47 Å². The topological polar surface area (TPSA) is 35.5 Å². The van der Waals surface area contributed by atoms with E-state index in [1.54, 1.807) is 0 Å². The fraction of sp³-hybridized carbons (Fsp3) is 0.938. The minimum atomic E-state index is -0.524. The number of carbonyl (C=O) groups excluding carboxylic acids is 1. The van der Waals surface area contributed by atoms with Crippen LogP contribution in [-0.2, 0) is 9.47 Å². The Balaban J connectivity index is 4.06. The predicted molar refractivity (Wildman–Crippen MR) is 79.4 cm³/mol. The first kappa shape index (κ1) is 18.3. The number of hydrogen-bond acceptors (Lipinski definition) is 3. The van der Waals surface area contributed by atoms with Gasteiger partial charge in [-0.25, -0.2) is 4.79 Å². The molecule has 0 fully saturated rings. The van der Waals surface area contributed by atoms with Crippen LogP contribution in [0.5, 0.6) is 0 Å². The summed E-state index contributed by atoms with van der Waals surface area (Å²) in [4.78, 5) is 11.7. The molecule has 0 bridgehead atoms. The Morgan fingerprint density at radius 3 is 2.05 bits per heavy atom. The van der Waals surface area contributed by atoms with E-state index >= 15 is 0 Å². The summed E-state index contributed by atoms with van der Waals surface area (Å²) in [5.41, 5.74) is -0.478. The van der Waals surface area contributed by atoms with Crippen molar-refractivity contribution in [1.29, 1.82) is 0 Å². The van der Waals surface area contributed by atoms with Crippen molar-refractivity contribution in [3.8, 4) is 0 Å². The molecule has 0 rings (SSSR count). The summed E-state index contributed by atoms with van der Waals surface area (Å²) in [5.74, 6) is 0. The highest BCUT2D eigenvalue weighted by molar-refractivity contribution is 5.60. The van der Waals surface area contributed by atoms with E-state index in [0.29, 0.717) is 0 Å². The van der Waals surface area contributed by atoms with Gasteiger partial charge in [0, 0.05) is 0 Å². The SMILES string of the molecule is CCCCCCC(CCCC)OC(=O)OC(C)(C)C. The monoisotopic (exact) mass is 272 g/mol. The first-order valence-corrected chi connectivity index (χ1v) is 7.78. The van der Waals surface area contributed by atoms with Gasteiger partial charge in [-0.15, -0.1) is 0 Å². The Bertz CT molecular complexity index is 231. The lowest BCUT2D eigenvalue weighted by Gasteiger charge is -2.22. The predicted octanol–water partition coefficient (Wildman–Crippen LogP) is 5.47. The van der Waals surface area contributed by atoms with E-state index < -0.39 is 11.8 Å². The molecule has 0 N–H and O–H groups in total. The number of unbranched alkanes of at least 4 members (excludes halogenated alkanes) is 4. The van der Waals surface area contributed by atoms with E-state index in [0.717, 1.165) is 32.1 Å². The molecule has 0 amide bonds. The van der Waals surface area contributed by atoms with Crippen LogP contribution in [0.15, 0.2) is 0 Å². The van der Waals surface area contributed by atoms with E-state index in [2.05, 4.69) is 13.8 Å². The molecule has 0 aliphatic rings. The summed E-state index contributed by atoms with van der Waals surface area (Å²) in [6.07, 6.45) is 8.46. The maximum Gasteiger partial charge on any atom is 0.509 e. The van der Waals surface area contributed by atoms with Crippen LogP contribution < -0.4 is 0 Å². The van der Waals surface area contributed by atoms with E-state index in [1.807, 2.05) is 20.8 Å². The third kappa shape index (κ3) is 12.1. The molecule has 0 saturated carbocycles. The van der Waals surface area contributed by atoms with E-state index in [1.165, 1.54) is 19.3 Å². The zero-order valence-electron chi connectivity index (χ0n) is 13.5. The Kier molecular flexibility index (Phi) is 9.72. The van der Waals surface area contributed by atoms with Crippen molar-refractivity contribution in [2.24, 2.45) is 0 Å². The average Bonchev–Trinajstić information content (AvgIpc) is 2.28. The second-order valence-electron chi connectivity index (χ2n) is 6.20. The quantitative estimate of drug-likeness (QED) is 0.412. The molecule has 114 valence electrons. The highest BCUT2D eigenvalue weighted by Crippen LogP contribution is 2.16. The number of rotatable bonds is 9. The van der Waals surface area contributed by atoms with Crippen LogP contribution in [-0.4, -0.2) is 17.9 Å². The normalized spacial score (nSPS) is 13.1. The standard InChI is InChI=1S/C16H32O3/c1-6-8-10-11-13-14(12-9-7-2)18-15(17)19-16(3,4)5/h14H,6-13H2,1-5H3. The van der Waals surface area contributed by atoms with Gasteiger partial charge in [-0.2, -0.15) is 0 Å². The Morgan fingerprint density at radius 1 is 0.947 bits per heavy atom. The molecule has 0 radical (unpaired) electrons. The zero-order chi connectivity index (χ0) is 14.7. The van der Waals surface area contributed by atoms with Gasteiger partial charge in [0.25, 0.3) is 0 Å². The summed E-state index contributed by atoms with van der Waals surface area (Å²) in [5, 5.41) is 0. The number of carbonyl (C=O) groups is 1. The van der Waals surface area contributed by atoms with Gasteiger partial charge in [-0.05, 0) is 40.0 Å². The van der Waals surface area contributed by atoms with Gasteiger partial charge in [-0.1, -0.05) is 46.0 Å². The molecule has 0 aliphatic heterocycles. The van der Waals surface area contributed by atoms with E-state index in [9.17, 15) is 4.79 Å². The lowest BCUT2D eigenvalue weighted by Crippen LogP contribution is -2.27. The average molecular weight is 272 g/mol. The lowest BCUT2D eigenvalue weighted by molar-refractivity contribution is -0.0306. The minimum Gasteiger partial charge on any atom is -0.431 e. The lowest BCUT2D eigenvalue weighted by atomic mass is 10.0. The molecular formula is C16H32O3. The van der Waals surface area contributed by atoms with Gasteiger partial charge < -0.3 is 9.47 Å². The van der Waals surface area contributed by atoms with E-state index in [-0.39, 0.29) is 6.10 Å². The van der Waals surface area contributed by atoms with Crippen molar-refractivity contribution in [2.75, 3.05) is 0 Å². The molecule has 19 heavy (non-hydrogen) atoms. The first-order valence-electron chi connectivity index (χ1n) is 7.78. The molecule has 3 nitrogen and oxygen atoms in total. The highest BCUT2D eigenvalue weighted by Gasteiger charge is 2.21. The van der Waals surface area contributed by atoms with Gasteiger partial charge in [0.2, 0.25) is 0 Å². The molecule has 0 aliphatic carbocycles. The molecule has 0 heterocycles. The van der Waals surface area contributed by atoms with Crippen molar-refractivity contribution in [2.45, 2.75) is 97.7 Å². The molecular weight excluding hydrogens is 240 g/mol. The van der Waals surface area contributed by atoms with Crippen LogP contribution in [0.2, 0.25) is 0 Å². The molecule has 0 spiro atoms. The maximum absolute atomic E-state index is 11.7. The van der Waals surface area contributed by atoms with Crippen molar-refractivity contribution < 1.29 is 14.3 Å². The Labute approximate surface area is 119 Å². The highest BCUT2D eigenvalue weighted by atomic mass is 16.7. The summed E-state index contributed by atoms with van der Waals surface area (Å²) in [6, 6.07) is 0. The molecule has 0 saturated heterocycles. The second-order valence-corrected chi connectivity index (χ2v) is 6.20. The van der Waals surface area contributed by atoms with Crippen LogP contribution in [0.4, 0.5) is 4.79 Å². The molecule has 0 aromatic carbocycles. The molecule has 3 heteroatoms. The van der Waals surface area contributed by atoms with Crippen LogP contribution >= 0.6 is 0 Å². The third-order valence-electron chi connectivity index (χ3n) is 2.91. The molecule has 1 atom stereocenters. The van der Waals surface area contributed by atoms with Gasteiger partial charge >= 0.3 is 6.16 Å². The second kappa shape index (κ2) is 10.1. The van der Waals surface area contributed by atoms with Crippen LogP contribution in [0, 0.1) is 0 Å². The number of ether oxygens (including phenoxy) is 2. The fourth-order valence-corrected chi connectivity index (χ4v) is 1.90. The van der Waals surface area contributed by atoms with Crippen LogP contribution in [0.25, 0.3) is 0 Å². The Hall–Kier alpha value is -0.730. The fourth-order valence-electron chi connectivity index (χ4n) is 1.90. The third-order valence-corrected chi connectivity index (χ3v) is 2.91. The van der Waals surface area contributed by atoms with Gasteiger partial charge in [-0.3, -0.25) is 0 Å². The summed E-state index contributed by atoms with van der Waals surface area (Å²) < 4.78 is 10.7. The van der Waals surface area contributed by atoms with Crippen LogP contribution in [0.3, 0.4) is 0 Å². The minimum absolute atomic E-state index is 0.0201. The van der Waals surface area contributed by atoms with Crippen molar-refractivity contribution >= 4 is 6.16 Å². The number of hydrogen-bond donors (Lipinski definition) is 0. The van der Waals surface area contributed by atoms with Gasteiger partial charge in [0.15, 0.2) is 0 Å². The molecule has 1 unspecified atom stereocenters. The van der Waals surface area contributed by atoms with Gasteiger partial charge in [0.05, 0.1) is 0 Å². The van der Waals surface area contributed by atoms with Crippen LogP contribution in [0.1, 0.15) is 86.0 Å². The largest absolute Gasteiger partial charge is 0.509 e. The summed E-state index contributed by atoms with van der Waals surface area (Å²) >= 11 is 0. The Morgan fingerprint density at radius 2 is 1.53 bits per heavy atom. The van der Waals surface area contributed by atoms with Gasteiger partial charge in [0.1, 0.15) is 11.7 Å². The summed E-state index contributed by atoms with van der Waals surface area (Å²) in [7, 11) is 0. The molecule has 0 aromatic heterocycles. The smallest absolute Gasteiger partial charge is 0.431 e. The first-order chi connectivity index (χ1) is 8.89. The maximum atomic E-state index is 11.7. The molecule has 0 aromatic rings. The van der Waals surface area contributed by atoms with Crippen molar-refractivity contribution in [3.05, 3.63) is 0 Å². The summed E-state index contributed by atoms with van der Waals surface area (Å²) in [6.45, 7) is 9.93.